The van der Waals surface area contributed by atoms with Crippen LogP contribution in [0.3, 0.4) is 0 Å². The molecule has 1 aromatic heterocycles. The highest BCUT2D eigenvalue weighted by Crippen LogP contribution is 2.11. The average Bonchev–Trinajstić information content (AvgIpc) is 3.03. The van der Waals surface area contributed by atoms with Crippen molar-refractivity contribution in [1.29, 1.82) is 0 Å². The number of hydrogen-bond acceptors (Lipinski definition) is 3. The zero-order valence-corrected chi connectivity index (χ0v) is 11.8. The molecular formula is C17H16N4. The molecule has 4 nitrogen and oxygen atoms in total. The van der Waals surface area contributed by atoms with Crippen molar-refractivity contribution in [3.8, 4) is 5.69 Å². The summed E-state index contributed by atoms with van der Waals surface area (Å²) in [7, 11) is 1.92. The zero-order chi connectivity index (χ0) is 14.5. The minimum atomic E-state index is 0.960. The first-order valence-corrected chi connectivity index (χ1v) is 6.76. The van der Waals surface area contributed by atoms with Gasteiger partial charge in [-0.15, -0.1) is 0 Å². The maximum Gasteiger partial charge on any atom is 0.0645 e. The van der Waals surface area contributed by atoms with E-state index in [-0.39, 0.29) is 0 Å². The second kappa shape index (κ2) is 6.05. The van der Waals surface area contributed by atoms with Gasteiger partial charge in [0, 0.05) is 18.8 Å². The minimum absolute atomic E-state index is 0.960. The van der Waals surface area contributed by atoms with Crippen LogP contribution in [0.2, 0.25) is 0 Å². The largest absolute Gasteiger partial charge is 0.269 e. The number of rotatable bonds is 4. The molecule has 1 heterocycles. The number of hydrazone groups is 1. The lowest BCUT2D eigenvalue weighted by Gasteiger charge is -2.11. The fraction of sp³-hybridized carbons (Fsp3) is 0.0588. The maximum atomic E-state index is 4.43. The van der Waals surface area contributed by atoms with Crippen LogP contribution in [-0.2, 0) is 0 Å². The van der Waals surface area contributed by atoms with E-state index < -0.39 is 0 Å². The highest BCUT2D eigenvalue weighted by molar-refractivity contribution is 5.79. The summed E-state index contributed by atoms with van der Waals surface area (Å²) in [6, 6.07) is 20.0. The van der Waals surface area contributed by atoms with Crippen LogP contribution in [0.15, 0.2) is 78.2 Å². The molecule has 0 radical (unpaired) electrons. The Morgan fingerprint density at radius 2 is 1.67 bits per heavy atom. The van der Waals surface area contributed by atoms with Crippen LogP contribution in [-0.4, -0.2) is 23.0 Å². The average molecular weight is 276 g/mol. The third-order valence-electron chi connectivity index (χ3n) is 3.13. The predicted molar refractivity (Wildman–Crippen MR) is 86.0 cm³/mol. The summed E-state index contributed by atoms with van der Waals surface area (Å²) in [5.41, 5.74) is 3.04. The van der Waals surface area contributed by atoms with Crippen LogP contribution in [0.1, 0.15) is 5.56 Å². The topological polar surface area (TPSA) is 33.4 Å². The lowest BCUT2D eigenvalue weighted by atomic mass is 10.3. The molecule has 0 saturated heterocycles. The Kier molecular flexibility index (Phi) is 3.78. The van der Waals surface area contributed by atoms with Gasteiger partial charge >= 0.3 is 0 Å². The van der Waals surface area contributed by atoms with Gasteiger partial charge in [0.1, 0.15) is 0 Å². The molecule has 0 amide bonds. The maximum absolute atomic E-state index is 4.43. The number of anilines is 1. The number of nitrogens with zero attached hydrogens (tertiary/aromatic N) is 4. The third kappa shape index (κ3) is 3.17. The van der Waals surface area contributed by atoms with Gasteiger partial charge in [0.2, 0.25) is 0 Å². The molecule has 0 saturated carbocycles. The second-order valence-electron chi connectivity index (χ2n) is 4.66. The van der Waals surface area contributed by atoms with Crippen LogP contribution in [0.5, 0.6) is 0 Å². The van der Waals surface area contributed by atoms with Crippen LogP contribution in [0.25, 0.3) is 5.69 Å². The number of hydrogen-bond donors (Lipinski definition) is 0. The van der Waals surface area contributed by atoms with E-state index in [2.05, 4.69) is 10.2 Å². The van der Waals surface area contributed by atoms with Crippen LogP contribution in [0.4, 0.5) is 5.69 Å². The van der Waals surface area contributed by atoms with E-state index in [4.69, 9.17) is 0 Å². The van der Waals surface area contributed by atoms with Crippen LogP contribution < -0.4 is 5.01 Å². The smallest absolute Gasteiger partial charge is 0.0645 e. The molecule has 0 fully saturated rings. The van der Waals surface area contributed by atoms with E-state index in [1.165, 1.54) is 0 Å². The summed E-state index contributed by atoms with van der Waals surface area (Å²) in [6.45, 7) is 0. The van der Waals surface area contributed by atoms with Crippen molar-refractivity contribution in [2.75, 3.05) is 12.1 Å². The Hall–Kier alpha value is -2.88. The Morgan fingerprint density at radius 1 is 1.00 bits per heavy atom. The molecule has 0 N–H and O–H groups in total. The standard InChI is InChI=1S/C17H16N4/c1-20(16-8-4-2-5-9-16)18-12-15-13-19-21(14-15)17-10-6-3-7-11-17/h2-14H,1H3/b18-12-. The Balaban J connectivity index is 1.74. The fourth-order valence-electron chi connectivity index (χ4n) is 1.99. The Bertz CT molecular complexity index is 717. The molecule has 0 atom stereocenters. The molecule has 0 aliphatic heterocycles. The summed E-state index contributed by atoms with van der Waals surface area (Å²) in [5, 5.41) is 10.6. The van der Waals surface area contributed by atoms with Crippen molar-refractivity contribution < 1.29 is 0 Å². The molecule has 0 bridgehead atoms. The molecule has 3 aromatic rings. The Morgan fingerprint density at radius 3 is 2.38 bits per heavy atom. The van der Waals surface area contributed by atoms with E-state index in [0.717, 1.165) is 16.9 Å². The summed E-state index contributed by atoms with van der Waals surface area (Å²) < 4.78 is 1.84. The molecule has 0 aliphatic carbocycles. The van der Waals surface area contributed by atoms with E-state index in [1.54, 1.807) is 12.4 Å². The van der Waals surface area contributed by atoms with Crippen molar-refractivity contribution in [3.05, 3.63) is 78.6 Å². The van der Waals surface area contributed by atoms with E-state index in [9.17, 15) is 0 Å². The van der Waals surface area contributed by atoms with E-state index in [0.29, 0.717) is 0 Å². The molecule has 104 valence electrons. The first kappa shape index (κ1) is 13.1. The monoisotopic (exact) mass is 276 g/mol. The Labute approximate surface area is 124 Å². The first-order chi connectivity index (χ1) is 10.3. The lowest BCUT2D eigenvalue weighted by molar-refractivity contribution is 0.880. The molecule has 3 rings (SSSR count). The van der Waals surface area contributed by atoms with Gasteiger partial charge in [0.15, 0.2) is 0 Å². The van der Waals surface area contributed by atoms with Gasteiger partial charge in [0.05, 0.1) is 23.8 Å². The van der Waals surface area contributed by atoms with E-state index in [1.807, 2.05) is 83.6 Å². The SMILES string of the molecule is CN(/N=C\c1cnn(-c2ccccc2)c1)c1ccccc1. The minimum Gasteiger partial charge on any atom is -0.269 e. The van der Waals surface area contributed by atoms with Gasteiger partial charge in [-0.3, -0.25) is 5.01 Å². The number of para-hydroxylation sites is 2. The van der Waals surface area contributed by atoms with Crippen molar-refractivity contribution in [2.24, 2.45) is 5.10 Å². The normalized spacial score (nSPS) is 10.9. The van der Waals surface area contributed by atoms with Gasteiger partial charge in [-0.25, -0.2) is 4.68 Å². The van der Waals surface area contributed by atoms with Crippen molar-refractivity contribution in [1.82, 2.24) is 9.78 Å². The van der Waals surface area contributed by atoms with Gasteiger partial charge in [0.25, 0.3) is 0 Å². The number of aromatic nitrogens is 2. The van der Waals surface area contributed by atoms with Crippen LogP contribution in [0, 0.1) is 0 Å². The molecule has 0 unspecified atom stereocenters. The van der Waals surface area contributed by atoms with Crippen molar-refractivity contribution in [3.63, 3.8) is 0 Å². The van der Waals surface area contributed by atoms with Gasteiger partial charge < -0.3 is 0 Å². The van der Waals surface area contributed by atoms with Crippen molar-refractivity contribution in [2.45, 2.75) is 0 Å². The molecule has 21 heavy (non-hydrogen) atoms. The van der Waals surface area contributed by atoms with Gasteiger partial charge in [-0.2, -0.15) is 10.2 Å². The van der Waals surface area contributed by atoms with Crippen LogP contribution >= 0.6 is 0 Å². The van der Waals surface area contributed by atoms with E-state index >= 15 is 0 Å². The molecule has 2 aromatic carbocycles. The summed E-state index contributed by atoms with van der Waals surface area (Å²) in [4.78, 5) is 0. The number of benzene rings is 2. The molecule has 0 aliphatic rings. The summed E-state index contributed by atoms with van der Waals surface area (Å²) in [5.74, 6) is 0. The lowest BCUT2D eigenvalue weighted by Crippen LogP contribution is -2.08. The molecule has 0 spiro atoms. The highest BCUT2D eigenvalue weighted by Gasteiger charge is 1.99. The zero-order valence-electron chi connectivity index (χ0n) is 11.8. The van der Waals surface area contributed by atoms with Gasteiger partial charge in [-0.05, 0) is 24.3 Å². The highest BCUT2D eigenvalue weighted by atomic mass is 15.4. The summed E-state index contributed by atoms with van der Waals surface area (Å²) >= 11 is 0. The summed E-state index contributed by atoms with van der Waals surface area (Å²) in [6.07, 6.45) is 5.56. The van der Waals surface area contributed by atoms with Gasteiger partial charge in [-0.1, -0.05) is 36.4 Å². The molecular weight excluding hydrogens is 260 g/mol. The second-order valence-corrected chi connectivity index (χ2v) is 4.66. The van der Waals surface area contributed by atoms with Crippen molar-refractivity contribution >= 4 is 11.9 Å². The third-order valence-corrected chi connectivity index (χ3v) is 3.13. The predicted octanol–water partition coefficient (Wildman–Crippen LogP) is 3.34. The molecule has 4 heteroatoms. The fourth-order valence-corrected chi connectivity index (χ4v) is 1.99. The quantitative estimate of drug-likeness (QED) is 0.541. The first-order valence-electron chi connectivity index (χ1n) is 6.76.